The molecule has 18 heavy (non-hydrogen) atoms. The number of aromatic nitrogens is 2. The van der Waals surface area contributed by atoms with Crippen molar-refractivity contribution in [2.45, 2.75) is 13.0 Å². The predicted molar refractivity (Wildman–Crippen MR) is 72.6 cm³/mol. The highest BCUT2D eigenvalue weighted by atomic mass is 79.9. The largest absolute Gasteiger partial charge is 0.419 e. The highest BCUT2D eigenvalue weighted by Crippen LogP contribution is 2.26. The first kappa shape index (κ1) is 12.8. The molecule has 1 aromatic carbocycles. The van der Waals surface area contributed by atoms with Crippen LogP contribution in [0.5, 0.6) is 0 Å². The lowest BCUT2D eigenvalue weighted by Gasteiger charge is -1.98. The van der Waals surface area contributed by atoms with E-state index in [1.807, 2.05) is 24.3 Å². The van der Waals surface area contributed by atoms with Crippen LogP contribution in [0.25, 0.3) is 11.5 Å². The number of hydrogen-bond donors (Lipinski definition) is 1. The van der Waals surface area contributed by atoms with Crippen molar-refractivity contribution in [1.29, 1.82) is 0 Å². The Morgan fingerprint density at radius 2 is 2.17 bits per heavy atom. The Morgan fingerprint density at radius 3 is 2.94 bits per heavy atom. The summed E-state index contributed by atoms with van der Waals surface area (Å²) >= 11 is 3.45. The van der Waals surface area contributed by atoms with Gasteiger partial charge in [-0.15, -0.1) is 22.5 Å². The second-order valence-corrected chi connectivity index (χ2v) is 4.47. The van der Waals surface area contributed by atoms with E-state index in [0.717, 1.165) is 16.6 Å². The van der Waals surface area contributed by atoms with Gasteiger partial charge in [-0.05, 0) is 28.1 Å². The Bertz CT molecular complexity index is 559. The van der Waals surface area contributed by atoms with Crippen LogP contribution in [0.4, 0.5) is 0 Å². The molecule has 1 N–H and O–H groups in total. The molecule has 4 nitrogen and oxygen atoms in total. The molecule has 0 fully saturated rings. The van der Waals surface area contributed by atoms with E-state index in [-0.39, 0.29) is 0 Å². The quantitative estimate of drug-likeness (QED) is 0.681. The third kappa shape index (κ3) is 3.19. The smallest absolute Gasteiger partial charge is 0.248 e. The number of nitrogens with zero attached hydrogens (tertiary/aromatic N) is 2. The van der Waals surface area contributed by atoms with E-state index in [1.165, 1.54) is 0 Å². The molecule has 0 atom stereocenters. The molecule has 0 saturated carbocycles. The molecular formula is C13H12BrN3O. The van der Waals surface area contributed by atoms with Gasteiger partial charge in [0.25, 0.3) is 0 Å². The maximum Gasteiger partial charge on any atom is 0.248 e. The standard InChI is InChI=1S/C13H12BrN3O/c1-2-3-8-15-9-12-16-17-13(18-12)10-6-4-5-7-11(10)14/h1,4-7,15H,3,8-9H2. The first-order chi connectivity index (χ1) is 8.81. The zero-order chi connectivity index (χ0) is 12.8. The molecule has 2 aromatic rings. The maximum absolute atomic E-state index is 5.56. The summed E-state index contributed by atoms with van der Waals surface area (Å²) < 4.78 is 6.50. The minimum atomic E-state index is 0.510. The molecule has 0 amide bonds. The topological polar surface area (TPSA) is 51.0 Å². The third-order valence-electron chi connectivity index (χ3n) is 2.29. The summed E-state index contributed by atoms with van der Waals surface area (Å²) in [4.78, 5) is 0. The molecular weight excluding hydrogens is 294 g/mol. The lowest BCUT2D eigenvalue weighted by atomic mass is 10.2. The van der Waals surface area contributed by atoms with Gasteiger partial charge in [0.2, 0.25) is 11.8 Å². The summed E-state index contributed by atoms with van der Waals surface area (Å²) in [6.45, 7) is 1.27. The van der Waals surface area contributed by atoms with E-state index in [1.54, 1.807) is 0 Å². The monoisotopic (exact) mass is 305 g/mol. The highest BCUT2D eigenvalue weighted by molar-refractivity contribution is 9.10. The van der Waals surface area contributed by atoms with Gasteiger partial charge in [-0.25, -0.2) is 0 Å². The van der Waals surface area contributed by atoms with Gasteiger partial charge in [0, 0.05) is 17.4 Å². The first-order valence-electron chi connectivity index (χ1n) is 5.52. The van der Waals surface area contributed by atoms with Crippen LogP contribution in [0, 0.1) is 12.3 Å². The molecule has 92 valence electrons. The van der Waals surface area contributed by atoms with E-state index in [2.05, 4.69) is 37.4 Å². The summed E-state index contributed by atoms with van der Waals surface area (Å²) in [5, 5.41) is 11.1. The summed E-state index contributed by atoms with van der Waals surface area (Å²) in [6.07, 6.45) is 5.84. The van der Waals surface area contributed by atoms with Crippen LogP contribution in [0.15, 0.2) is 33.2 Å². The van der Waals surface area contributed by atoms with Gasteiger partial charge in [-0.3, -0.25) is 0 Å². The van der Waals surface area contributed by atoms with Crippen molar-refractivity contribution in [3.63, 3.8) is 0 Å². The summed E-state index contributed by atoms with van der Waals surface area (Å²) in [7, 11) is 0. The molecule has 1 heterocycles. The average Bonchev–Trinajstić information content (AvgIpc) is 2.84. The molecule has 0 spiro atoms. The van der Waals surface area contributed by atoms with E-state index in [4.69, 9.17) is 10.8 Å². The average molecular weight is 306 g/mol. The molecule has 0 radical (unpaired) electrons. The van der Waals surface area contributed by atoms with Crippen molar-refractivity contribution in [3.05, 3.63) is 34.6 Å². The van der Waals surface area contributed by atoms with E-state index < -0.39 is 0 Å². The van der Waals surface area contributed by atoms with Gasteiger partial charge in [-0.1, -0.05) is 12.1 Å². The van der Waals surface area contributed by atoms with Gasteiger partial charge >= 0.3 is 0 Å². The number of benzene rings is 1. The van der Waals surface area contributed by atoms with Crippen LogP contribution in [-0.4, -0.2) is 16.7 Å². The van der Waals surface area contributed by atoms with Gasteiger partial charge in [0.1, 0.15) is 0 Å². The first-order valence-corrected chi connectivity index (χ1v) is 6.32. The van der Waals surface area contributed by atoms with E-state index in [9.17, 15) is 0 Å². The van der Waals surface area contributed by atoms with Crippen molar-refractivity contribution in [1.82, 2.24) is 15.5 Å². The fourth-order valence-electron chi connectivity index (χ4n) is 1.42. The van der Waals surface area contributed by atoms with Crippen LogP contribution < -0.4 is 5.32 Å². The second-order valence-electron chi connectivity index (χ2n) is 3.61. The molecule has 0 bridgehead atoms. The zero-order valence-electron chi connectivity index (χ0n) is 9.69. The number of terminal acetylenes is 1. The number of hydrogen-bond acceptors (Lipinski definition) is 4. The Labute approximate surface area is 114 Å². The highest BCUT2D eigenvalue weighted by Gasteiger charge is 2.10. The Morgan fingerprint density at radius 1 is 1.33 bits per heavy atom. The Kier molecular flexibility index (Phi) is 4.51. The normalized spacial score (nSPS) is 10.2. The van der Waals surface area contributed by atoms with E-state index in [0.29, 0.717) is 24.7 Å². The van der Waals surface area contributed by atoms with Crippen molar-refractivity contribution in [2.75, 3.05) is 6.54 Å². The Balaban J connectivity index is 2.03. The van der Waals surface area contributed by atoms with Gasteiger partial charge < -0.3 is 9.73 Å². The lowest BCUT2D eigenvalue weighted by molar-refractivity contribution is 0.479. The molecule has 0 saturated heterocycles. The number of rotatable bonds is 5. The predicted octanol–water partition coefficient (Wildman–Crippen LogP) is 2.61. The van der Waals surface area contributed by atoms with Crippen molar-refractivity contribution in [2.24, 2.45) is 0 Å². The summed E-state index contributed by atoms with van der Waals surface area (Å²) in [6, 6.07) is 7.72. The van der Waals surface area contributed by atoms with E-state index >= 15 is 0 Å². The molecule has 2 rings (SSSR count). The van der Waals surface area contributed by atoms with Crippen LogP contribution in [-0.2, 0) is 6.54 Å². The minimum Gasteiger partial charge on any atom is -0.419 e. The van der Waals surface area contributed by atoms with Crippen LogP contribution in [0.1, 0.15) is 12.3 Å². The zero-order valence-corrected chi connectivity index (χ0v) is 11.3. The number of nitrogens with one attached hydrogen (secondary N) is 1. The van der Waals surface area contributed by atoms with Crippen molar-refractivity contribution >= 4 is 15.9 Å². The number of halogens is 1. The fraction of sp³-hybridized carbons (Fsp3) is 0.231. The third-order valence-corrected chi connectivity index (χ3v) is 2.98. The van der Waals surface area contributed by atoms with Gasteiger partial charge in [0.05, 0.1) is 12.1 Å². The fourth-order valence-corrected chi connectivity index (χ4v) is 1.88. The minimum absolute atomic E-state index is 0.510. The van der Waals surface area contributed by atoms with Gasteiger partial charge in [-0.2, -0.15) is 0 Å². The SMILES string of the molecule is C#CCCNCc1nnc(-c2ccccc2Br)o1. The Hall–Kier alpha value is -1.64. The summed E-state index contributed by atoms with van der Waals surface area (Å²) in [5.41, 5.74) is 0.889. The van der Waals surface area contributed by atoms with Crippen molar-refractivity contribution < 1.29 is 4.42 Å². The molecule has 0 unspecified atom stereocenters. The molecule has 0 aliphatic rings. The molecule has 0 aliphatic carbocycles. The maximum atomic E-state index is 5.56. The molecule has 5 heteroatoms. The lowest BCUT2D eigenvalue weighted by Crippen LogP contribution is -2.14. The van der Waals surface area contributed by atoms with Crippen LogP contribution in [0.3, 0.4) is 0 Å². The van der Waals surface area contributed by atoms with Crippen LogP contribution in [0.2, 0.25) is 0 Å². The summed E-state index contributed by atoms with van der Waals surface area (Å²) in [5.74, 6) is 3.62. The van der Waals surface area contributed by atoms with Crippen LogP contribution >= 0.6 is 15.9 Å². The molecule has 0 aliphatic heterocycles. The second kappa shape index (κ2) is 6.34. The molecule has 1 aromatic heterocycles. The van der Waals surface area contributed by atoms with Gasteiger partial charge in [0.15, 0.2) is 0 Å². The van der Waals surface area contributed by atoms with Crippen molar-refractivity contribution in [3.8, 4) is 23.8 Å².